The molecule has 1 unspecified atom stereocenters. The van der Waals surface area contributed by atoms with Crippen molar-refractivity contribution in [2.45, 2.75) is 67.5 Å². The normalized spacial score (nSPS) is 12.0. The van der Waals surface area contributed by atoms with Gasteiger partial charge < -0.3 is 10.6 Å². The zero-order valence-corrected chi connectivity index (χ0v) is 25.4. The van der Waals surface area contributed by atoms with Crippen LogP contribution >= 0.6 is 7.26 Å². The van der Waals surface area contributed by atoms with Crippen LogP contribution in [0.4, 0.5) is 11.4 Å². The first-order valence-corrected chi connectivity index (χ1v) is 14.1. The summed E-state index contributed by atoms with van der Waals surface area (Å²) >= 11 is 0. The summed E-state index contributed by atoms with van der Waals surface area (Å²) < 4.78 is 0. The number of amides is 2. The summed E-state index contributed by atoms with van der Waals surface area (Å²) in [6.07, 6.45) is 2.93. The minimum Gasteiger partial charge on any atom is -0.322 e. The van der Waals surface area contributed by atoms with Gasteiger partial charge >= 0.3 is 0 Å². The van der Waals surface area contributed by atoms with Gasteiger partial charge in [0.2, 0.25) is 0 Å². The molecule has 0 aliphatic heterocycles. The molecule has 33 heavy (non-hydrogen) atoms. The number of hydrogen-bond donors (Lipinski definition) is 2. The summed E-state index contributed by atoms with van der Waals surface area (Å²) in [7, 11) is -1.85. The number of anilines is 2. The fraction of sp³-hybridized carbons (Fsp3) is 0.481. The third-order valence-electron chi connectivity index (χ3n) is 6.74. The summed E-state index contributed by atoms with van der Waals surface area (Å²) in [4.78, 5) is 26.7. The fourth-order valence-corrected chi connectivity index (χ4v) is 8.86. The van der Waals surface area contributed by atoms with Crippen LogP contribution in [-0.4, -0.2) is 36.0 Å². The van der Waals surface area contributed by atoms with Gasteiger partial charge in [-0.2, -0.15) is 0 Å². The van der Waals surface area contributed by atoms with E-state index in [4.69, 9.17) is 0 Å². The maximum atomic E-state index is 13.5. The van der Waals surface area contributed by atoms with E-state index in [9.17, 15) is 9.59 Å². The fourth-order valence-electron chi connectivity index (χ4n) is 4.88. The average molecular weight is 545 g/mol. The first-order chi connectivity index (χ1) is 15.1. The van der Waals surface area contributed by atoms with E-state index in [2.05, 4.69) is 50.5 Å². The molecule has 0 saturated heterocycles. The van der Waals surface area contributed by atoms with Crippen molar-refractivity contribution < 1.29 is 42.3 Å². The number of para-hydroxylation sites is 1. The Labute approximate surface area is 226 Å². The molecule has 0 aromatic heterocycles. The SMILES string of the molecule is CCC(C(=O)Nc1c(C)cc(C)cc1C)[P+](CC)(CC)CC(=O)Nc1c(C)cccc1C.[Y]. The molecule has 0 spiro atoms. The van der Waals surface area contributed by atoms with E-state index in [-0.39, 0.29) is 50.2 Å². The van der Waals surface area contributed by atoms with Gasteiger partial charge in [-0.3, -0.25) is 9.59 Å². The second-order valence-electron chi connectivity index (χ2n) is 9.01. The third kappa shape index (κ3) is 7.20. The van der Waals surface area contributed by atoms with Crippen LogP contribution in [0, 0.1) is 34.6 Å². The van der Waals surface area contributed by atoms with E-state index in [1.807, 2.05) is 45.9 Å². The summed E-state index contributed by atoms with van der Waals surface area (Å²) in [6, 6.07) is 10.2. The van der Waals surface area contributed by atoms with Crippen LogP contribution in [0.15, 0.2) is 30.3 Å². The van der Waals surface area contributed by atoms with Crippen LogP contribution in [-0.2, 0) is 42.3 Å². The van der Waals surface area contributed by atoms with Gasteiger partial charge in [-0.25, -0.2) is 0 Å². The smallest absolute Gasteiger partial charge is 0.265 e. The topological polar surface area (TPSA) is 58.2 Å². The minimum atomic E-state index is -1.85. The molecule has 2 rings (SSSR count). The second kappa shape index (κ2) is 13.1. The van der Waals surface area contributed by atoms with Gasteiger partial charge in [-0.1, -0.05) is 42.8 Å². The molecule has 177 valence electrons. The van der Waals surface area contributed by atoms with Crippen molar-refractivity contribution in [1.29, 1.82) is 0 Å². The molecule has 4 nitrogen and oxygen atoms in total. The van der Waals surface area contributed by atoms with Crippen LogP contribution in [0.5, 0.6) is 0 Å². The van der Waals surface area contributed by atoms with Crippen LogP contribution in [0.1, 0.15) is 55.0 Å². The van der Waals surface area contributed by atoms with E-state index >= 15 is 0 Å². The summed E-state index contributed by atoms with van der Waals surface area (Å²) in [5, 5.41) is 6.38. The molecule has 0 saturated carbocycles. The first kappa shape index (κ1) is 29.9. The Kier molecular flexibility index (Phi) is 11.9. The predicted octanol–water partition coefficient (Wildman–Crippen LogP) is 6.64. The van der Waals surface area contributed by atoms with Crippen LogP contribution in [0.3, 0.4) is 0 Å². The molecule has 2 aromatic carbocycles. The molecule has 0 bridgehead atoms. The Morgan fingerprint density at radius 2 is 1.30 bits per heavy atom. The Morgan fingerprint density at radius 3 is 1.76 bits per heavy atom. The van der Waals surface area contributed by atoms with Crippen molar-refractivity contribution in [1.82, 2.24) is 0 Å². The van der Waals surface area contributed by atoms with Crippen molar-refractivity contribution in [2.24, 2.45) is 0 Å². The predicted molar refractivity (Wildman–Crippen MR) is 141 cm³/mol. The summed E-state index contributed by atoms with van der Waals surface area (Å²) in [5.74, 6) is 0.0767. The van der Waals surface area contributed by atoms with Gasteiger partial charge in [0.1, 0.15) is 11.8 Å². The monoisotopic (exact) mass is 544 g/mol. The molecule has 6 heteroatoms. The van der Waals surface area contributed by atoms with Gasteiger partial charge in [0.25, 0.3) is 11.8 Å². The third-order valence-corrected chi connectivity index (χ3v) is 12.1. The van der Waals surface area contributed by atoms with Crippen LogP contribution in [0.2, 0.25) is 0 Å². The van der Waals surface area contributed by atoms with E-state index in [0.29, 0.717) is 6.16 Å². The zero-order chi connectivity index (χ0) is 24.1. The van der Waals surface area contributed by atoms with E-state index in [0.717, 1.165) is 52.4 Å². The molecular weight excluding hydrogens is 504 g/mol. The number of hydrogen-bond acceptors (Lipinski definition) is 2. The molecule has 0 fully saturated rings. The molecule has 0 aliphatic rings. The standard InChI is InChI=1S/C27H39N2O2P.Y/c1-9-23(27(31)29-26-21(7)15-18(4)16-22(26)8)32(10-2,11-3)17-24(30)28-25-19(5)13-12-14-20(25)6;/h12-16,23H,9-11,17H2,1-8H3,(H-,28,29,30,31);/p+1. The Balaban J connectivity index is 0.00000544. The van der Waals surface area contributed by atoms with Gasteiger partial charge in [0.15, 0.2) is 0 Å². The van der Waals surface area contributed by atoms with E-state index < -0.39 is 7.26 Å². The van der Waals surface area contributed by atoms with Crippen molar-refractivity contribution in [2.75, 3.05) is 29.1 Å². The first-order valence-electron chi connectivity index (χ1n) is 11.7. The van der Waals surface area contributed by atoms with Crippen molar-refractivity contribution in [3.05, 3.63) is 58.1 Å². The molecule has 2 aromatic rings. The summed E-state index contributed by atoms with van der Waals surface area (Å²) in [5.41, 5.74) is 7.13. The van der Waals surface area contributed by atoms with E-state index in [1.165, 1.54) is 5.56 Å². The average Bonchev–Trinajstić information content (AvgIpc) is 2.73. The number of carbonyl (C=O) groups excluding carboxylic acids is 2. The van der Waals surface area contributed by atoms with Gasteiger partial charge in [-0.15, -0.1) is 0 Å². The number of aryl methyl sites for hydroxylation is 5. The molecule has 0 heterocycles. The Bertz CT molecular complexity index is 943. The van der Waals surface area contributed by atoms with Gasteiger partial charge in [-0.05, 0) is 77.1 Å². The molecule has 2 amide bonds. The van der Waals surface area contributed by atoms with Crippen LogP contribution in [0.25, 0.3) is 0 Å². The number of nitrogens with one attached hydrogen (secondary N) is 2. The quantitative estimate of drug-likeness (QED) is 0.348. The van der Waals surface area contributed by atoms with E-state index in [1.54, 1.807) is 0 Å². The number of carbonyl (C=O) groups is 2. The van der Waals surface area contributed by atoms with Gasteiger partial charge in [0.05, 0.1) is 12.3 Å². The largest absolute Gasteiger partial charge is 0.322 e. The summed E-state index contributed by atoms with van der Waals surface area (Å²) in [6.45, 7) is 16.5. The number of benzene rings is 2. The Morgan fingerprint density at radius 1 is 0.818 bits per heavy atom. The molecule has 1 atom stereocenters. The van der Waals surface area contributed by atoms with Gasteiger partial charge in [0, 0.05) is 51.3 Å². The van der Waals surface area contributed by atoms with Crippen molar-refractivity contribution in [3.8, 4) is 0 Å². The molecular formula is C27H40N2O2PY+. The molecule has 0 aliphatic carbocycles. The second-order valence-corrected chi connectivity index (χ2v) is 13.7. The van der Waals surface area contributed by atoms with Crippen molar-refractivity contribution >= 4 is 30.5 Å². The van der Waals surface area contributed by atoms with Crippen molar-refractivity contribution in [3.63, 3.8) is 0 Å². The minimum absolute atomic E-state index is 0. The number of rotatable bonds is 9. The maximum Gasteiger partial charge on any atom is 0.265 e. The van der Waals surface area contributed by atoms with Crippen LogP contribution < -0.4 is 10.6 Å². The molecule has 1 radical (unpaired) electrons. The molecule has 2 N–H and O–H groups in total. The Hall–Kier alpha value is -1.09. The maximum absolute atomic E-state index is 13.5. The zero-order valence-electron chi connectivity index (χ0n) is 21.6.